The third kappa shape index (κ3) is 3.92. The zero-order valence-electron chi connectivity index (χ0n) is 12.8. The molecule has 0 bridgehead atoms. The summed E-state index contributed by atoms with van der Waals surface area (Å²) in [5.41, 5.74) is 3.15. The highest BCUT2D eigenvalue weighted by atomic mass is 32.1. The summed E-state index contributed by atoms with van der Waals surface area (Å²) in [6, 6.07) is 3.80. The van der Waals surface area contributed by atoms with Gasteiger partial charge in [-0.05, 0) is 24.6 Å². The van der Waals surface area contributed by atoms with Gasteiger partial charge in [0.15, 0.2) is 0 Å². The molecule has 0 atom stereocenters. The first-order valence-electron chi connectivity index (χ1n) is 6.85. The topological polar surface area (TPSA) is 78.0 Å². The lowest BCUT2D eigenvalue weighted by atomic mass is 9.92. The lowest BCUT2D eigenvalue weighted by Gasteiger charge is -2.13. The Morgan fingerprint density at radius 1 is 1.38 bits per heavy atom. The third-order valence-corrected chi connectivity index (χ3v) is 4.34. The summed E-state index contributed by atoms with van der Waals surface area (Å²) in [5.74, 6) is -0.863. The lowest BCUT2D eigenvalue weighted by Crippen LogP contribution is -2.13. The first-order chi connectivity index (χ1) is 9.77. The number of carboxylic acid groups (broad SMARTS) is 1. The number of rotatable bonds is 5. The van der Waals surface area contributed by atoms with Crippen LogP contribution >= 0.6 is 11.3 Å². The van der Waals surface area contributed by atoms with Crippen LogP contribution in [0.2, 0.25) is 0 Å². The van der Waals surface area contributed by atoms with Crippen LogP contribution in [-0.4, -0.2) is 21.3 Å². The molecule has 0 aromatic carbocycles. The molecule has 5 nitrogen and oxygen atoms in total. The Morgan fingerprint density at radius 3 is 2.62 bits per heavy atom. The van der Waals surface area contributed by atoms with Crippen LogP contribution in [0.4, 0.5) is 0 Å². The van der Waals surface area contributed by atoms with Gasteiger partial charge in [0.05, 0.1) is 5.69 Å². The number of aromatic nitrogens is 2. The van der Waals surface area contributed by atoms with Crippen molar-refractivity contribution >= 4 is 17.3 Å². The smallest absolute Gasteiger partial charge is 0.345 e. The number of nitrogens with zero attached hydrogens (tertiary/aromatic N) is 1. The first-order valence-corrected chi connectivity index (χ1v) is 7.67. The largest absolute Gasteiger partial charge is 0.477 e. The Hall–Kier alpha value is -1.66. The van der Waals surface area contributed by atoms with Crippen LogP contribution in [0, 0.1) is 6.92 Å². The molecule has 0 fully saturated rings. The van der Waals surface area contributed by atoms with Crippen LogP contribution in [0.25, 0.3) is 0 Å². The van der Waals surface area contributed by atoms with Crippen molar-refractivity contribution in [2.24, 2.45) is 0 Å². The Kier molecular flexibility index (Phi) is 4.49. The highest BCUT2D eigenvalue weighted by Gasteiger charge is 2.17. The molecule has 0 saturated carbocycles. The van der Waals surface area contributed by atoms with E-state index in [0.717, 1.165) is 21.8 Å². The van der Waals surface area contributed by atoms with Crippen molar-refractivity contribution in [2.75, 3.05) is 0 Å². The first kappa shape index (κ1) is 15.7. The second-order valence-electron chi connectivity index (χ2n) is 6.13. The van der Waals surface area contributed by atoms with Gasteiger partial charge in [0, 0.05) is 29.1 Å². The quantitative estimate of drug-likeness (QED) is 0.793. The summed E-state index contributed by atoms with van der Waals surface area (Å²) in [4.78, 5) is 12.4. The molecule has 3 N–H and O–H groups in total. The molecule has 2 rings (SSSR count). The minimum atomic E-state index is -0.863. The number of thiophene rings is 1. The minimum absolute atomic E-state index is 0.0368. The van der Waals surface area contributed by atoms with Crippen molar-refractivity contribution in [1.29, 1.82) is 0 Å². The zero-order chi connectivity index (χ0) is 15.6. The highest BCUT2D eigenvalue weighted by molar-refractivity contribution is 7.14. The summed E-state index contributed by atoms with van der Waals surface area (Å²) in [5, 5.41) is 19.6. The Balaban J connectivity index is 1.93. The molecule has 2 aromatic heterocycles. The number of aryl methyl sites for hydroxylation is 1. The summed E-state index contributed by atoms with van der Waals surface area (Å²) >= 11 is 1.32. The van der Waals surface area contributed by atoms with Gasteiger partial charge >= 0.3 is 5.97 Å². The van der Waals surface area contributed by atoms with Gasteiger partial charge in [0.25, 0.3) is 0 Å². The van der Waals surface area contributed by atoms with Gasteiger partial charge in [-0.3, -0.25) is 5.10 Å². The predicted octanol–water partition coefficient (Wildman–Crippen LogP) is 3.07. The molecule has 0 unspecified atom stereocenters. The van der Waals surface area contributed by atoms with Crippen LogP contribution in [0.5, 0.6) is 0 Å². The highest BCUT2D eigenvalue weighted by Crippen LogP contribution is 2.22. The molecule has 114 valence electrons. The van der Waals surface area contributed by atoms with Crippen molar-refractivity contribution in [1.82, 2.24) is 15.5 Å². The van der Waals surface area contributed by atoms with E-state index in [1.54, 1.807) is 6.07 Å². The molecule has 0 amide bonds. The zero-order valence-corrected chi connectivity index (χ0v) is 13.6. The SMILES string of the molecule is Cc1sc(C(=O)O)cc1CNCc1cc(C(C)(C)C)n[nH]1. The van der Waals surface area contributed by atoms with E-state index in [2.05, 4.69) is 42.4 Å². The van der Waals surface area contributed by atoms with E-state index in [1.165, 1.54) is 11.3 Å². The van der Waals surface area contributed by atoms with Gasteiger partial charge in [0.1, 0.15) is 4.88 Å². The van der Waals surface area contributed by atoms with Crippen LogP contribution in [0.15, 0.2) is 12.1 Å². The second-order valence-corrected chi connectivity index (χ2v) is 7.39. The van der Waals surface area contributed by atoms with E-state index in [1.807, 2.05) is 6.92 Å². The summed E-state index contributed by atoms with van der Waals surface area (Å²) in [7, 11) is 0. The monoisotopic (exact) mass is 307 g/mol. The number of hydrogen-bond acceptors (Lipinski definition) is 4. The maximum atomic E-state index is 10.9. The summed E-state index contributed by atoms with van der Waals surface area (Å²) < 4.78 is 0. The molecule has 0 aliphatic carbocycles. The number of carbonyl (C=O) groups is 1. The van der Waals surface area contributed by atoms with Crippen LogP contribution < -0.4 is 5.32 Å². The van der Waals surface area contributed by atoms with Crippen molar-refractivity contribution in [3.05, 3.63) is 38.8 Å². The average molecular weight is 307 g/mol. The molecule has 0 radical (unpaired) electrons. The van der Waals surface area contributed by atoms with Gasteiger partial charge in [-0.25, -0.2) is 4.79 Å². The van der Waals surface area contributed by atoms with Crippen LogP contribution in [-0.2, 0) is 18.5 Å². The fourth-order valence-electron chi connectivity index (χ4n) is 1.97. The van der Waals surface area contributed by atoms with Gasteiger partial charge < -0.3 is 10.4 Å². The molecular weight excluding hydrogens is 286 g/mol. The van der Waals surface area contributed by atoms with Gasteiger partial charge in [0.2, 0.25) is 0 Å². The number of H-pyrrole nitrogens is 1. The standard InChI is InChI=1S/C15H21N3O2S/c1-9-10(5-12(21-9)14(19)20)7-16-8-11-6-13(18-17-11)15(2,3)4/h5-6,16H,7-8H2,1-4H3,(H,17,18)(H,19,20). The molecule has 0 aliphatic heterocycles. The van der Waals surface area contributed by atoms with E-state index in [4.69, 9.17) is 5.11 Å². The molecule has 0 aliphatic rings. The van der Waals surface area contributed by atoms with Crippen LogP contribution in [0.1, 0.15) is 52.3 Å². The van der Waals surface area contributed by atoms with E-state index < -0.39 is 5.97 Å². The normalized spacial score (nSPS) is 11.8. The Bertz CT molecular complexity index is 638. The maximum absolute atomic E-state index is 10.9. The maximum Gasteiger partial charge on any atom is 0.345 e. The van der Waals surface area contributed by atoms with Gasteiger partial charge in [-0.2, -0.15) is 5.10 Å². The van der Waals surface area contributed by atoms with Crippen LogP contribution in [0.3, 0.4) is 0 Å². The predicted molar refractivity (Wildman–Crippen MR) is 83.8 cm³/mol. The minimum Gasteiger partial charge on any atom is -0.477 e. The van der Waals surface area contributed by atoms with E-state index in [9.17, 15) is 4.79 Å². The summed E-state index contributed by atoms with van der Waals surface area (Å²) in [6.07, 6.45) is 0. The molecule has 0 spiro atoms. The average Bonchev–Trinajstić information content (AvgIpc) is 2.96. The lowest BCUT2D eigenvalue weighted by molar-refractivity contribution is 0.0702. The number of aromatic amines is 1. The van der Waals surface area contributed by atoms with Gasteiger partial charge in [-0.1, -0.05) is 20.8 Å². The molecule has 2 aromatic rings. The van der Waals surface area contributed by atoms with Crippen molar-refractivity contribution in [3.8, 4) is 0 Å². The number of aromatic carboxylic acids is 1. The van der Waals surface area contributed by atoms with E-state index in [-0.39, 0.29) is 5.41 Å². The van der Waals surface area contributed by atoms with Crippen molar-refractivity contribution in [2.45, 2.75) is 46.2 Å². The molecule has 6 heteroatoms. The molecular formula is C15H21N3O2S. The third-order valence-electron chi connectivity index (χ3n) is 3.26. The second kappa shape index (κ2) is 5.99. The summed E-state index contributed by atoms with van der Waals surface area (Å²) in [6.45, 7) is 9.66. The number of nitrogens with one attached hydrogen (secondary N) is 2. The van der Waals surface area contributed by atoms with E-state index in [0.29, 0.717) is 18.0 Å². The molecule has 2 heterocycles. The van der Waals surface area contributed by atoms with Crippen molar-refractivity contribution < 1.29 is 9.90 Å². The Morgan fingerprint density at radius 2 is 2.10 bits per heavy atom. The number of carboxylic acids is 1. The molecule has 0 saturated heterocycles. The number of hydrogen-bond donors (Lipinski definition) is 3. The Labute approximate surface area is 128 Å². The van der Waals surface area contributed by atoms with Crippen molar-refractivity contribution in [3.63, 3.8) is 0 Å². The molecule has 21 heavy (non-hydrogen) atoms. The fourth-order valence-corrected chi connectivity index (χ4v) is 2.85. The fraction of sp³-hybridized carbons (Fsp3) is 0.467. The van der Waals surface area contributed by atoms with Gasteiger partial charge in [-0.15, -0.1) is 11.3 Å². The van der Waals surface area contributed by atoms with E-state index >= 15 is 0 Å².